The van der Waals surface area contributed by atoms with Crippen molar-refractivity contribution < 1.29 is 14.3 Å². The standard InChI is InChI=1S/C24H27N3O3S/c1-15-20-8-6-12-26(20)23-18(17-7-4-5-9-22(17)31-23)14-27(15)24(28)25-19-11-10-16(29-2)13-21(19)30-3/h6,8,10-13,15H,4-5,7,9,14H2,1-3H3,(H,25,28). The average molecular weight is 438 g/mol. The number of benzene rings is 1. The predicted octanol–water partition coefficient (Wildman–Crippen LogP) is 5.54. The maximum atomic E-state index is 13.5. The first-order valence-electron chi connectivity index (χ1n) is 10.7. The van der Waals surface area contributed by atoms with Crippen LogP contribution in [0.15, 0.2) is 36.5 Å². The Morgan fingerprint density at radius 3 is 2.77 bits per heavy atom. The molecular weight excluding hydrogens is 410 g/mol. The average Bonchev–Trinajstić information content (AvgIpc) is 3.39. The monoisotopic (exact) mass is 437 g/mol. The lowest BCUT2D eigenvalue weighted by Gasteiger charge is -2.28. The van der Waals surface area contributed by atoms with Crippen LogP contribution in [0.25, 0.3) is 5.00 Å². The zero-order chi connectivity index (χ0) is 21.5. The van der Waals surface area contributed by atoms with E-state index in [0.29, 0.717) is 23.7 Å². The summed E-state index contributed by atoms with van der Waals surface area (Å²) in [7, 11) is 3.20. The zero-order valence-electron chi connectivity index (χ0n) is 18.1. The van der Waals surface area contributed by atoms with Crippen LogP contribution in [0.2, 0.25) is 0 Å². The first-order chi connectivity index (χ1) is 15.1. The fourth-order valence-electron chi connectivity index (χ4n) is 4.70. The van der Waals surface area contributed by atoms with Gasteiger partial charge < -0.3 is 24.3 Å². The van der Waals surface area contributed by atoms with Crippen LogP contribution >= 0.6 is 11.3 Å². The molecule has 1 aliphatic carbocycles. The lowest BCUT2D eigenvalue weighted by atomic mass is 9.95. The Morgan fingerprint density at radius 2 is 1.97 bits per heavy atom. The number of urea groups is 1. The second kappa shape index (κ2) is 7.96. The van der Waals surface area contributed by atoms with Gasteiger partial charge in [0.05, 0.1) is 32.5 Å². The van der Waals surface area contributed by atoms with Gasteiger partial charge in [0.15, 0.2) is 0 Å². The number of aryl methyl sites for hydroxylation is 1. The largest absolute Gasteiger partial charge is 0.497 e. The van der Waals surface area contributed by atoms with Crippen molar-refractivity contribution in [2.45, 2.75) is 45.2 Å². The number of anilines is 1. The molecule has 0 saturated carbocycles. The van der Waals surface area contributed by atoms with Crippen LogP contribution in [0.4, 0.5) is 10.5 Å². The Bertz CT molecular complexity index is 1130. The number of hydrogen-bond acceptors (Lipinski definition) is 4. The van der Waals surface area contributed by atoms with E-state index < -0.39 is 0 Å². The van der Waals surface area contributed by atoms with Crippen LogP contribution in [-0.4, -0.2) is 29.7 Å². The molecule has 7 heteroatoms. The summed E-state index contributed by atoms with van der Waals surface area (Å²) >= 11 is 1.90. The molecule has 2 aromatic heterocycles. The van der Waals surface area contributed by atoms with Crippen molar-refractivity contribution in [1.82, 2.24) is 9.47 Å². The quantitative estimate of drug-likeness (QED) is 0.585. The highest BCUT2D eigenvalue weighted by Gasteiger charge is 2.33. The number of ether oxygens (including phenoxy) is 2. The van der Waals surface area contributed by atoms with E-state index >= 15 is 0 Å². The molecule has 0 fully saturated rings. The number of carbonyl (C=O) groups is 1. The van der Waals surface area contributed by atoms with Gasteiger partial charge in [0.2, 0.25) is 0 Å². The fraction of sp³-hybridized carbons (Fsp3) is 0.375. The number of rotatable bonds is 3. The first-order valence-corrected chi connectivity index (χ1v) is 11.5. The lowest BCUT2D eigenvalue weighted by molar-refractivity contribution is 0.189. The van der Waals surface area contributed by atoms with Gasteiger partial charge in [-0.25, -0.2) is 4.79 Å². The third-order valence-electron chi connectivity index (χ3n) is 6.39. The third kappa shape index (κ3) is 3.37. The van der Waals surface area contributed by atoms with E-state index in [1.165, 1.54) is 33.8 Å². The Labute approximate surface area is 186 Å². The molecule has 0 radical (unpaired) electrons. The minimum Gasteiger partial charge on any atom is -0.497 e. The summed E-state index contributed by atoms with van der Waals surface area (Å²) in [4.78, 5) is 16.9. The summed E-state index contributed by atoms with van der Waals surface area (Å²) in [5.41, 5.74) is 4.53. The molecule has 5 rings (SSSR count). The van der Waals surface area contributed by atoms with Crippen LogP contribution in [-0.2, 0) is 19.4 Å². The molecule has 3 heterocycles. The van der Waals surface area contributed by atoms with E-state index in [4.69, 9.17) is 9.47 Å². The second-order valence-corrected chi connectivity index (χ2v) is 9.18. The molecule has 31 heavy (non-hydrogen) atoms. The maximum Gasteiger partial charge on any atom is 0.322 e. The minimum atomic E-state index is -0.132. The van der Waals surface area contributed by atoms with Crippen LogP contribution in [0.3, 0.4) is 0 Å². The van der Waals surface area contributed by atoms with E-state index in [-0.39, 0.29) is 12.1 Å². The van der Waals surface area contributed by atoms with Crippen LogP contribution in [0.1, 0.15) is 47.5 Å². The van der Waals surface area contributed by atoms with Gasteiger partial charge in [0.1, 0.15) is 16.5 Å². The summed E-state index contributed by atoms with van der Waals surface area (Å²) in [6.07, 6.45) is 6.85. The van der Waals surface area contributed by atoms with E-state index in [1.807, 2.05) is 28.4 Å². The molecule has 1 N–H and O–H groups in total. The maximum absolute atomic E-state index is 13.5. The van der Waals surface area contributed by atoms with Gasteiger partial charge in [-0.05, 0) is 62.4 Å². The number of thiophene rings is 1. The van der Waals surface area contributed by atoms with Gasteiger partial charge in [-0.3, -0.25) is 0 Å². The number of methoxy groups -OCH3 is 2. The van der Waals surface area contributed by atoms with Crippen LogP contribution < -0.4 is 14.8 Å². The van der Waals surface area contributed by atoms with Crippen molar-refractivity contribution in [3.63, 3.8) is 0 Å². The molecule has 162 valence electrons. The molecule has 0 saturated heterocycles. The Morgan fingerprint density at radius 1 is 1.13 bits per heavy atom. The van der Waals surface area contributed by atoms with Crippen molar-refractivity contribution in [2.24, 2.45) is 0 Å². The number of nitrogens with zero attached hydrogens (tertiary/aromatic N) is 2. The number of hydrogen-bond donors (Lipinski definition) is 1. The fourth-order valence-corrected chi connectivity index (χ4v) is 6.10. The molecular formula is C24H27N3O3S. The van der Waals surface area contributed by atoms with E-state index in [9.17, 15) is 4.79 Å². The summed E-state index contributed by atoms with van der Waals surface area (Å²) in [5.74, 6) is 1.26. The number of amides is 2. The van der Waals surface area contributed by atoms with E-state index in [0.717, 1.165) is 18.5 Å². The topological polar surface area (TPSA) is 55.7 Å². The number of nitrogens with one attached hydrogen (secondary N) is 1. The van der Waals surface area contributed by atoms with Gasteiger partial charge in [-0.1, -0.05) is 0 Å². The molecule has 6 nitrogen and oxygen atoms in total. The molecule has 2 amide bonds. The van der Waals surface area contributed by atoms with Crippen LogP contribution in [0.5, 0.6) is 11.5 Å². The number of aromatic nitrogens is 1. The van der Waals surface area contributed by atoms with Gasteiger partial charge >= 0.3 is 6.03 Å². The van der Waals surface area contributed by atoms with E-state index in [2.05, 4.69) is 35.1 Å². The van der Waals surface area contributed by atoms with Crippen molar-refractivity contribution in [1.29, 1.82) is 0 Å². The smallest absolute Gasteiger partial charge is 0.322 e. The summed E-state index contributed by atoms with van der Waals surface area (Å²) in [6, 6.07) is 9.42. The first kappa shape index (κ1) is 20.0. The molecule has 1 atom stereocenters. The van der Waals surface area contributed by atoms with Crippen molar-refractivity contribution in [3.05, 3.63) is 58.2 Å². The molecule has 0 spiro atoms. The highest BCUT2D eigenvalue weighted by molar-refractivity contribution is 7.15. The molecule has 2 aliphatic rings. The van der Waals surface area contributed by atoms with Crippen molar-refractivity contribution >= 4 is 23.1 Å². The Balaban J connectivity index is 1.51. The van der Waals surface area contributed by atoms with Gasteiger partial charge in [-0.2, -0.15) is 0 Å². The Hall–Kier alpha value is -2.93. The Kier molecular flexibility index (Phi) is 5.14. The normalized spacial score (nSPS) is 17.3. The van der Waals surface area contributed by atoms with Gasteiger partial charge in [0.25, 0.3) is 0 Å². The minimum absolute atomic E-state index is 0.0573. The molecule has 1 aliphatic heterocycles. The molecule has 1 unspecified atom stereocenters. The molecule has 1 aromatic carbocycles. The predicted molar refractivity (Wildman–Crippen MR) is 123 cm³/mol. The van der Waals surface area contributed by atoms with E-state index in [1.54, 1.807) is 20.3 Å². The van der Waals surface area contributed by atoms with Gasteiger partial charge in [-0.15, -0.1) is 11.3 Å². The lowest BCUT2D eigenvalue weighted by Crippen LogP contribution is -2.36. The zero-order valence-corrected chi connectivity index (χ0v) is 18.9. The van der Waals surface area contributed by atoms with Gasteiger partial charge in [0, 0.05) is 28.4 Å². The van der Waals surface area contributed by atoms with Crippen molar-refractivity contribution in [3.8, 4) is 16.5 Å². The number of carbonyl (C=O) groups excluding carboxylic acids is 1. The highest BCUT2D eigenvalue weighted by Crippen LogP contribution is 2.42. The summed E-state index contributed by atoms with van der Waals surface area (Å²) in [6.45, 7) is 2.70. The van der Waals surface area contributed by atoms with Crippen molar-refractivity contribution in [2.75, 3.05) is 19.5 Å². The molecule has 0 bridgehead atoms. The van der Waals surface area contributed by atoms with Crippen LogP contribution in [0, 0.1) is 0 Å². The summed E-state index contributed by atoms with van der Waals surface area (Å²) in [5, 5.41) is 4.34. The number of fused-ring (bicyclic) bond motifs is 5. The SMILES string of the molecule is COc1ccc(NC(=O)N2Cc3c(sc4c3CCCC4)-n3cccc3C2C)c(OC)c1. The summed E-state index contributed by atoms with van der Waals surface area (Å²) < 4.78 is 13.0. The molecule has 3 aromatic rings. The third-order valence-corrected chi connectivity index (χ3v) is 7.73. The highest BCUT2D eigenvalue weighted by atomic mass is 32.1. The second-order valence-electron chi connectivity index (χ2n) is 8.10.